The molecule has 1 atom stereocenters. The second kappa shape index (κ2) is 8.59. The average Bonchev–Trinajstić information content (AvgIpc) is 3.40. The zero-order chi connectivity index (χ0) is 25.8. The fourth-order valence-corrected chi connectivity index (χ4v) is 5.41. The van der Waals surface area contributed by atoms with Gasteiger partial charge in [0.2, 0.25) is 5.88 Å². The zero-order valence-electron chi connectivity index (χ0n) is 21.2. The minimum absolute atomic E-state index is 0.232. The van der Waals surface area contributed by atoms with E-state index in [2.05, 4.69) is 43.3 Å². The van der Waals surface area contributed by atoms with Gasteiger partial charge in [0.25, 0.3) is 0 Å². The Morgan fingerprint density at radius 2 is 1.66 bits per heavy atom. The van der Waals surface area contributed by atoms with Crippen molar-refractivity contribution in [1.82, 2.24) is 19.6 Å². The summed E-state index contributed by atoms with van der Waals surface area (Å²) in [6, 6.07) is 26.6. The molecule has 7 rings (SSSR count). The van der Waals surface area contributed by atoms with Crippen molar-refractivity contribution < 1.29 is 14.2 Å². The van der Waals surface area contributed by atoms with Crippen molar-refractivity contribution in [2.45, 2.75) is 12.8 Å². The molecule has 0 unspecified atom stereocenters. The summed E-state index contributed by atoms with van der Waals surface area (Å²) in [4.78, 5) is 9.73. The molecule has 2 aromatic heterocycles. The summed E-state index contributed by atoms with van der Waals surface area (Å²) in [5.41, 5.74) is 5.71. The van der Waals surface area contributed by atoms with E-state index in [1.807, 2.05) is 42.5 Å². The summed E-state index contributed by atoms with van der Waals surface area (Å²) in [7, 11) is 3.29. The van der Waals surface area contributed by atoms with Crippen molar-refractivity contribution in [1.29, 1.82) is 0 Å². The molecule has 0 amide bonds. The molecule has 186 valence electrons. The molecule has 6 aromatic rings. The molecule has 4 aromatic carbocycles. The molecule has 3 heterocycles. The monoisotopic (exact) mass is 500 g/mol. The van der Waals surface area contributed by atoms with Crippen LogP contribution in [0.1, 0.15) is 28.2 Å². The number of fused-ring (bicyclic) bond motifs is 6. The van der Waals surface area contributed by atoms with Crippen LogP contribution in [0.15, 0.2) is 85.2 Å². The van der Waals surface area contributed by atoms with Crippen molar-refractivity contribution in [3.8, 4) is 34.5 Å². The molecular formula is C31H24N4O3. The van der Waals surface area contributed by atoms with Crippen molar-refractivity contribution >= 4 is 16.4 Å². The lowest BCUT2D eigenvalue weighted by molar-refractivity contribution is 0.354. The van der Waals surface area contributed by atoms with E-state index < -0.39 is 0 Å². The van der Waals surface area contributed by atoms with Crippen LogP contribution in [0.5, 0.6) is 23.1 Å². The Bertz CT molecular complexity index is 1860. The third-order valence-corrected chi connectivity index (χ3v) is 7.23. The van der Waals surface area contributed by atoms with Crippen LogP contribution in [0.25, 0.3) is 27.8 Å². The van der Waals surface area contributed by atoms with E-state index >= 15 is 0 Å². The standard InChI is InChI=1S/C31H24N4O3/c1-18-8-4-6-10-21(18)29-33-30-28-26(20-13-14-23(36-2)25(16-20)37-3)27-22-11-7-5-9-19(22)12-15-24(27)38-31(28)32-17-35(30)34-29/h4-17,26H,1-3H3/t26-/m0/s1. The maximum absolute atomic E-state index is 6.44. The minimum atomic E-state index is -0.232. The van der Waals surface area contributed by atoms with E-state index in [4.69, 9.17) is 29.3 Å². The van der Waals surface area contributed by atoms with Gasteiger partial charge in [-0.1, -0.05) is 60.7 Å². The first-order valence-electron chi connectivity index (χ1n) is 12.4. The smallest absolute Gasteiger partial charge is 0.228 e. The van der Waals surface area contributed by atoms with E-state index in [9.17, 15) is 0 Å². The van der Waals surface area contributed by atoms with Gasteiger partial charge in [0.1, 0.15) is 12.1 Å². The van der Waals surface area contributed by atoms with Crippen LogP contribution in [0.3, 0.4) is 0 Å². The molecule has 0 saturated heterocycles. The molecule has 1 aliphatic rings. The van der Waals surface area contributed by atoms with Gasteiger partial charge < -0.3 is 14.2 Å². The first kappa shape index (κ1) is 22.3. The molecule has 7 nitrogen and oxygen atoms in total. The Kier molecular flexibility index (Phi) is 5.04. The molecule has 0 spiro atoms. The van der Waals surface area contributed by atoms with Gasteiger partial charge in [0.05, 0.1) is 19.8 Å². The van der Waals surface area contributed by atoms with Gasteiger partial charge in [0.15, 0.2) is 23.0 Å². The Balaban J connectivity index is 1.54. The van der Waals surface area contributed by atoms with Crippen LogP contribution >= 0.6 is 0 Å². The van der Waals surface area contributed by atoms with E-state index in [1.54, 1.807) is 25.1 Å². The predicted octanol–water partition coefficient (Wildman–Crippen LogP) is 6.56. The molecule has 7 heteroatoms. The molecule has 38 heavy (non-hydrogen) atoms. The molecule has 0 saturated carbocycles. The molecule has 0 bridgehead atoms. The Labute approximate surface area is 219 Å². The van der Waals surface area contributed by atoms with Gasteiger partial charge in [0, 0.05) is 17.0 Å². The second-order valence-electron chi connectivity index (χ2n) is 9.33. The van der Waals surface area contributed by atoms with Crippen LogP contribution in [-0.4, -0.2) is 33.8 Å². The SMILES string of the molecule is COc1ccc([C@H]2c3c(ccc4ccccc34)Oc3ncn4nc(-c5ccccc5C)nc4c32)cc1OC. The fraction of sp³-hybridized carbons (Fsp3) is 0.129. The Morgan fingerprint density at radius 3 is 2.50 bits per heavy atom. The molecule has 0 N–H and O–H groups in total. The maximum atomic E-state index is 6.44. The lowest BCUT2D eigenvalue weighted by atomic mass is 9.81. The van der Waals surface area contributed by atoms with Crippen molar-refractivity contribution in [3.63, 3.8) is 0 Å². The van der Waals surface area contributed by atoms with Gasteiger partial charge in [-0.15, -0.1) is 5.10 Å². The minimum Gasteiger partial charge on any atom is -0.493 e. The topological polar surface area (TPSA) is 70.8 Å². The van der Waals surface area contributed by atoms with Crippen LogP contribution < -0.4 is 14.2 Å². The molecule has 0 aliphatic carbocycles. The van der Waals surface area contributed by atoms with Gasteiger partial charge >= 0.3 is 0 Å². The van der Waals surface area contributed by atoms with Crippen molar-refractivity contribution in [3.05, 3.63) is 107 Å². The molecule has 1 aliphatic heterocycles. The summed E-state index contributed by atoms with van der Waals surface area (Å²) < 4.78 is 19.4. The second-order valence-corrected chi connectivity index (χ2v) is 9.33. The highest BCUT2D eigenvalue weighted by molar-refractivity contribution is 5.91. The number of ether oxygens (including phenoxy) is 3. The van der Waals surface area contributed by atoms with Gasteiger partial charge in [-0.3, -0.25) is 0 Å². The quantitative estimate of drug-likeness (QED) is 0.273. The first-order valence-corrected chi connectivity index (χ1v) is 12.4. The predicted molar refractivity (Wildman–Crippen MR) is 145 cm³/mol. The average molecular weight is 501 g/mol. The third kappa shape index (κ3) is 3.32. The maximum Gasteiger partial charge on any atom is 0.228 e. The summed E-state index contributed by atoms with van der Waals surface area (Å²) in [6.07, 6.45) is 1.67. The molecule has 0 radical (unpaired) electrons. The number of benzene rings is 4. The van der Waals surface area contributed by atoms with E-state index in [1.165, 1.54) is 0 Å². The van der Waals surface area contributed by atoms with E-state index in [0.29, 0.717) is 28.9 Å². The van der Waals surface area contributed by atoms with Crippen LogP contribution in [0.2, 0.25) is 0 Å². The third-order valence-electron chi connectivity index (χ3n) is 7.23. The number of aryl methyl sites for hydroxylation is 1. The number of rotatable bonds is 4. The molecule has 0 fully saturated rings. The lowest BCUT2D eigenvalue weighted by Gasteiger charge is -2.29. The number of methoxy groups -OCH3 is 2. The molecular weight excluding hydrogens is 476 g/mol. The van der Waals surface area contributed by atoms with Crippen LogP contribution in [-0.2, 0) is 0 Å². The number of nitrogens with zero attached hydrogens (tertiary/aromatic N) is 4. The largest absolute Gasteiger partial charge is 0.493 e. The normalized spacial score (nSPS) is 14.1. The van der Waals surface area contributed by atoms with Gasteiger partial charge in [-0.05, 0) is 47.0 Å². The van der Waals surface area contributed by atoms with Crippen molar-refractivity contribution in [2.75, 3.05) is 14.2 Å². The number of hydrogen-bond acceptors (Lipinski definition) is 6. The van der Waals surface area contributed by atoms with Gasteiger partial charge in [-0.25, -0.2) is 14.5 Å². The van der Waals surface area contributed by atoms with Crippen molar-refractivity contribution in [2.24, 2.45) is 0 Å². The summed E-state index contributed by atoms with van der Waals surface area (Å²) in [5, 5.41) is 7.04. The highest BCUT2D eigenvalue weighted by Gasteiger charge is 2.35. The van der Waals surface area contributed by atoms with E-state index in [-0.39, 0.29) is 5.92 Å². The fourth-order valence-electron chi connectivity index (χ4n) is 5.41. The highest BCUT2D eigenvalue weighted by atomic mass is 16.5. The Hall–Kier alpha value is -4.91. The summed E-state index contributed by atoms with van der Waals surface area (Å²) in [6.45, 7) is 2.06. The Morgan fingerprint density at radius 1 is 0.842 bits per heavy atom. The highest BCUT2D eigenvalue weighted by Crippen LogP contribution is 2.51. The zero-order valence-corrected chi connectivity index (χ0v) is 21.2. The first-order chi connectivity index (χ1) is 18.7. The summed E-state index contributed by atoms with van der Waals surface area (Å²) >= 11 is 0. The van der Waals surface area contributed by atoms with E-state index in [0.717, 1.165) is 44.3 Å². The van der Waals surface area contributed by atoms with Crippen LogP contribution in [0, 0.1) is 6.92 Å². The lowest BCUT2D eigenvalue weighted by Crippen LogP contribution is -2.15. The van der Waals surface area contributed by atoms with Crippen LogP contribution in [0.4, 0.5) is 0 Å². The summed E-state index contributed by atoms with van der Waals surface area (Å²) in [5.74, 6) is 3.03. The number of aromatic nitrogens is 4. The number of hydrogen-bond donors (Lipinski definition) is 0. The van der Waals surface area contributed by atoms with Gasteiger partial charge in [-0.2, -0.15) is 0 Å².